The van der Waals surface area contributed by atoms with Crippen LogP contribution < -0.4 is 5.32 Å². The van der Waals surface area contributed by atoms with E-state index in [1.165, 1.54) is 25.7 Å². The molecular weight excluding hydrogens is 258 g/mol. The van der Waals surface area contributed by atoms with Gasteiger partial charge in [0.25, 0.3) is 0 Å². The lowest BCUT2D eigenvalue weighted by Crippen LogP contribution is -2.35. The molecule has 3 atom stereocenters. The average Bonchev–Trinajstić information content (AvgIpc) is 2.96. The Hall–Kier alpha value is -0.240. The van der Waals surface area contributed by atoms with Gasteiger partial charge in [-0.3, -0.25) is 4.79 Å². The lowest BCUT2D eigenvalue weighted by Gasteiger charge is -2.26. The van der Waals surface area contributed by atoms with Crippen molar-refractivity contribution < 1.29 is 4.79 Å². The fraction of sp³-hybridized carbons (Fsp3) is 0.938. The summed E-state index contributed by atoms with van der Waals surface area (Å²) in [5.41, 5.74) is 0.166. The molecule has 2 nitrogen and oxygen atoms in total. The van der Waals surface area contributed by atoms with Crippen LogP contribution in [0.15, 0.2) is 0 Å². The molecule has 2 bridgehead atoms. The third kappa shape index (κ3) is 4.37. The SMILES string of the molecule is CC(C)(CCCCl)CNC(=O)CC1CC2CCC1C2. The maximum atomic E-state index is 12.1. The van der Waals surface area contributed by atoms with Gasteiger partial charge in [0, 0.05) is 18.8 Å². The van der Waals surface area contributed by atoms with Crippen molar-refractivity contribution in [1.29, 1.82) is 0 Å². The Balaban J connectivity index is 1.67. The van der Waals surface area contributed by atoms with Crippen LogP contribution in [0.5, 0.6) is 0 Å². The van der Waals surface area contributed by atoms with Gasteiger partial charge in [0.15, 0.2) is 0 Å². The number of fused-ring (bicyclic) bond motifs is 2. The minimum atomic E-state index is 0.166. The number of hydrogen-bond donors (Lipinski definition) is 1. The van der Waals surface area contributed by atoms with Crippen LogP contribution in [-0.2, 0) is 4.79 Å². The van der Waals surface area contributed by atoms with Crippen LogP contribution in [0.3, 0.4) is 0 Å². The highest BCUT2D eigenvalue weighted by molar-refractivity contribution is 6.17. The van der Waals surface area contributed by atoms with Crippen LogP contribution in [0, 0.1) is 23.2 Å². The first-order valence-electron chi connectivity index (χ1n) is 7.83. The zero-order valence-electron chi connectivity index (χ0n) is 12.4. The van der Waals surface area contributed by atoms with Crippen molar-refractivity contribution in [1.82, 2.24) is 5.32 Å². The first kappa shape index (κ1) is 15.2. The smallest absolute Gasteiger partial charge is 0.220 e. The quantitative estimate of drug-likeness (QED) is 0.705. The Morgan fingerprint density at radius 2 is 2.11 bits per heavy atom. The van der Waals surface area contributed by atoms with Crippen molar-refractivity contribution in [3.05, 3.63) is 0 Å². The van der Waals surface area contributed by atoms with Gasteiger partial charge in [-0.25, -0.2) is 0 Å². The minimum absolute atomic E-state index is 0.166. The summed E-state index contributed by atoms with van der Waals surface area (Å²) >= 11 is 5.73. The van der Waals surface area contributed by atoms with Gasteiger partial charge in [0.05, 0.1) is 0 Å². The Morgan fingerprint density at radius 1 is 1.32 bits per heavy atom. The molecule has 2 saturated carbocycles. The average molecular weight is 286 g/mol. The monoisotopic (exact) mass is 285 g/mol. The molecule has 2 aliphatic carbocycles. The summed E-state index contributed by atoms with van der Waals surface area (Å²) in [6.45, 7) is 5.19. The van der Waals surface area contributed by atoms with Gasteiger partial charge in [-0.2, -0.15) is 0 Å². The van der Waals surface area contributed by atoms with Crippen LogP contribution >= 0.6 is 11.6 Å². The van der Waals surface area contributed by atoms with Gasteiger partial charge in [-0.05, 0) is 55.3 Å². The molecule has 2 fully saturated rings. The van der Waals surface area contributed by atoms with E-state index >= 15 is 0 Å². The van der Waals surface area contributed by atoms with Crippen molar-refractivity contribution in [2.45, 2.75) is 58.8 Å². The Bertz CT molecular complexity index is 316. The van der Waals surface area contributed by atoms with Crippen LogP contribution in [0.1, 0.15) is 58.8 Å². The van der Waals surface area contributed by atoms with E-state index in [-0.39, 0.29) is 11.3 Å². The second kappa shape index (κ2) is 6.47. The van der Waals surface area contributed by atoms with E-state index in [0.29, 0.717) is 11.8 Å². The van der Waals surface area contributed by atoms with Gasteiger partial charge in [-0.1, -0.05) is 20.3 Å². The van der Waals surface area contributed by atoms with Crippen molar-refractivity contribution in [3.8, 4) is 0 Å². The number of rotatable bonds is 7. The highest BCUT2D eigenvalue weighted by Crippen LogP contribution is 2.49. The summed E-state index contributed by atoms with van der Waals surface area (Å²) in [6, 6.07) is 0. The number of alkyl halides is 1. The summed E-state index contributed by atoms with van der Waals surface area (Å²) in [4.78, 5) is 12.1. The Labute approximate surface area is 122 Å². The molecule has 1 amide bonds. The maximum Gasteiger partial charge on any atom is 0.220 e. The largest absolute Gasteiger partial charge is 0.356 e. The minimum Gasteiger partial charge on any atom is -0.356 e. The highest BCUT2D eigenvalue weighted by Gasteiger charge is 2.40. The van der Waals surface area contributed by atoms with Gasteiger partial charge >= 0.3 is 0 Å². The van der Waals surface area contributed by atoms with E-state index in [1.807, 2.05) is 0 Å². The zero-order chi connectivity index (χ0) is 13.9. The van der Waals surface area contributed by atoms with Crippen LogP contribution in [0.25, 0.3) is 0 Å². The number of carbonyl (C=O) groups is 1. The fourth-order valence-corrected chi connectivity index (χ4v) is 4.04. The Morgan fingerprint density at radius 3 is 2.68 bits per heavy atom. The Kier molecular flexibility index (Phi) is 5.16. The molecular formula is C16H28ClNO. The molecule has 0 saturated heterocycles. The molecule has 1 N–H and O–H groups in total. The fourth-order valence-electron chi connectivity index (χ4n) is 3.91. The first-order valence-corrected chi connectivity index (χ1v) is 8.36. The number of halogens is 1. The highest BCUT2D eigenvalue weighted by atomic mass is 35.5. The summed E-state index contributed by atoms with van der Waals surface area (Å²) in [7, 11) is 0. The topological polar surface area (TPSA) is 29.1 Å². The lowest BCUT2D eigenvalue weighted by atomic mass is 9.85. The normalized spacial score (nSPS) is 29.7. The molecule has 2 aliphatic rings. The first-order chi connectivity index (χ1) is 9.00. The van der Waals surface area contributed by atoms with Gasteiger partial charge in [0.1, 0.15) is 0 Å². The van der Waals surface area contributed by atoms with E-state index in [0.717, 1.165) is 37.6 Å². The maximum absolute atomic E-state index is 12.1. The second-order valence-corrected chi connectivity index (χ2v) is 7.75. The van der Waals surface area contributed by atoms with Gasteiger partial charge < -0.3 is 5.32 Å². The van der Waals surface area contributed by atoms with Crippen LogP contribution in [0.2, 0.25) is 0 Å². The van der Waals surface area contributed by atoms with Crippen LogP contribution in [-0.4, -0.2) is 18.3 Å². The zero-order valence-corrected chi connectivity index (χ0v) is 13.1. The molecule has 0 aromatic heterocycles. The summed E-state index contributed by atoms with van der Waals surface area (Å²) < 4.78 is 0. The van der Waals surface area contributed by atoms with E-state index in [4.69, 9.17) is 11.6 Å². The molecule has 0 spiro atoms. The number of nitrogens with one attached hydrogen (secondary N) is 1. The molecule has 3 heteroatoms. The third-order valence-corrected chi connectivity index (χ3v) is 5.35. The van der Waals surface area contributed by atoms with E-state index in [2.05, 4.69) is 19.2 Å². The summed E-state index contributed by atoms with van der Waals surface area (Å²) in [5.74, 6) is 3.42. The molecule has 2 rings (SSSR count). The molecule has 19 heavy (non-hydrogen) atoms. The van der Waals surface area contributed by atoms with Crippen molar-refractivity contribution in [2.24, 2.45) is 23.2 Å². The molecule has 0 heterocycles. The number of hydrogen-bond acceptors (Lipinski definition) is 1. The molecule has 110 valence electrons. The molecule has 3 unspecified atom stereocenters. The second-order valence-electron chi connectivity index (χ2n) is 7.37. The van der Waals surface area contributed by atoms with Crippen molar-refractivity contribution in [2.75, 3.05) is 12.4 Å². The van der Waals surface area contributed by atoms with Crippen molar-refractivity contribution in [3.63, 3.8) is 0 Å². The van der Waals surface area contributed by atoms with Gasteiger partial charge in [-0.15, -0.1) is 11.6 Å². The number of carbonyl (C=O) groups excluding carboxylic acids is 1. The van der Waals surface area contributed by atoms with E-state index in [1.54, 1.807) is 0 Å². The molecule has 0 radical (unpaired) electrons. The lowest BCUT2D eigenvalue weighted by molar-refractivity contribution is -0.122. The van der Waals surface area contributed by atoms with E-state index < -0.39 is 0 Å². The van der Waals surface area contributed by atoms with Crippen molar-refractivity contribution >= 4 is 17.5 Å². The van der Waals surface area contributed by atoms with Crippen LogP contribution in [0.4, 0.5) is 0 Å². The molecule has 0 aromatic carbocycles. The predicted octanol–water partition coefficient (Wildman–Crippen LogP) is 3.97. The van der Waals surface area contributed by atoms with Gasteiger partial charge in [0.2, 0.25) is 5.91 Å². The molecule has 0 aliphatic heterocycles. The summed E-state index contributed by atoms with van der Waals surface area (Å²) in [5, 5.41) is 3.14. The standard InChI is InChI=1S/C16H28ClNO/c1-16(2,6-3-7-17)11-18-15(19)10-14-9-12-4-5-13(14)8-12/h12-14H,3-11H2,1-2H3,(H,18,19). The summed E-state index contributed by atoms with van der Waals surface area (Å²) in [6.07, 6.45) is 8.32. The predicted molar refractivity (Wildman–Crippen MR) is 80.3 cm³/mol. The molecule has 0 aromatic rings. The van der Waals surface area contributed by atoms with E-state index in [9.17, 15) is 4.79 Å². The third-order valence-electron chi connectivity index (χ3n) is 5.08. The number of amides is 1.